The highest BCUT2D eigenvalue weighted by atomic mass is 16.1. The molecule has 0 spiro atoms. The molecule has 0 radical (unpaired) electrons. The number of benzene rings is 1. The number of carbonyl (C=O) groups is 1. The first-order chi connectivity index (χ1) is 7.70. The zero-order chi connectivity index (χ0) is 11.5. The van der Waals surface area contributed by atoms with Crippen LogP contribution >= 0.6 is 0 Å². The van der Waals surface area contributed by atoms with Crippen molar-refractivity contribution in [3.8, 4) is 11.1 Å². The van der Waals surface area contributed by atoms with Crippen molar-refractivity contribution in [3.63, 3.8) is 0 Å². The molecule has 80 valence electrons. The number of hydrogen-bond acceptors (Lipinski definition) is 2. The van der Waals surface area contributed by atoms with E-state index in [1.807, 2.05) is 44.2 Å². The predicted octanol–water partition coefficient (Wildman–Crippen LogP) is 3.18. The van der Waals surface area contributed by atoms with Gasteiger partial charge < -0.3 is 0 Å². The quantitative estimate of drug-likeness (QED) is 0.714. The van der Waals surface area contributed by atoms with Crippen LogP contribution in [-0.4, -0.2) is 11.3 Å². The topological polar surface area (TPSA) is 30.0 Å². The van der Waals surface area contributed by atoms with Gasteiger partial charge in [0.2, 0.25) is 0 Å². The van der Waals surface area contributed by atoms with Crippen LogP contribution in [0.2, 0.25) is 0 Å². The molecule has 0 aliphatic heterocycles. The molecule has 2 nitrogen and oxygen atoms in total. The summed E-state index contributed by atoms with van der Waals surface area (Å²) in [4.78, 5) is 15.2. The van der Waals surface area contributed by atoms with Crippen LogP contribution in [0.3, 0.4) is 0 Å². The minimum atomic E-state index is 0.705. The van der Waals surface area contributed by atoms with Gasteiger partial charge in [0.25, 0.3) is 0 Å². The van der Waals surface area contributed by atoms with Crippen molar-refractivity contribution < 1.29 is 4.79 Å². The highest BCUT2D eigenvalue weighted by Gasteiger charge is 2.04. The van der Waals surface area contributed by atoms with E-state index >= 15 is 0 Å². The number of aldehydes is 1. The highest BCUT2D eigenvalue weighted by molar-refractivity contribution is 5.87. The number of rotatable bonds is 2. The Morgan fingerprint density at radius 2 is 1.94 bits per heavy atom. The summed E-state index contributed by atoms with van der Waals surface area (Å²) >= 11 is 0. The minimum absolute atomic E-state index is 0.705. The molecule has 0 saturated carbocycles. The van der Waals surface area contributed by atoms with Crippen LogP contribution in [-0.2, 0) is 0 Å². The number of aryl methyl sites for hydroxylation is 2. The molecule has 2 heteroatoms. The fourth-order valence-electron chi connectivity index (χ4n) is 1.65. The van der Waals surface area contributed by atoms with Crippen LogP contribution in [0.25, 0.3) is 11.1 Å². The molecule has 0 N–H and O–H groups in total. The van der Waals surface area contributed by atoms with Crippen LogP contribution in [0.1, 0.15) is 21.6 Å². The van der Waals surface area contributed by atoms with Gasteiger partial charge in [0.1, 0.15) is 0 Å². The van der Waals surface area contributed by atoms with Gasteiger partial charge in [0.15, 0.2) is 6.29 Å². The number of hydrogen-bond donors (Lipinski definition) is 0. The third-order valence-corrected chi connectivity index (χ3v) is 2.56. The van der Waals surface area contributed by atoms with Crippen molar-refractivity contribution >= 4 is 6.29 Å². The summed E-state index contributed by atoms with van der Waals surface area (Å²) in [5, 5.41) is 0. The zero-order valence-corrected chi connectivity index (χ0v) is 9.40. The second-order valence-electron chi connectivity index (χ2n) is 3.90. The largest absolute Gasteiger partial charge is 0.298 e. The van der Waals surface area contributed by atoms with Crippen molar-refractivity contribution in [2.45, 2.75) is 13.8 Å². The Hall–Kier alpha value is -1.96. The van der Waals surface area contributed by atoms with E-state index in [0.717, 1.165) is 28.7 Å². The molecule has 2 rings (SSSR count). The monoisotopic (exact) mass is 211 g/mol. The van der Waals surface area contributed by atoms with Crippen LogP contribution in [0.5, 0.6) is 0 Å². The van der Waals surface area contributed by atoms with Crippen LogP contribution in [0, 0.1) is 13.8 Å². The predicted molar refractivity (Wildman–Crippen MR) is 64.5 cm³/mol. The molecule has 0 saturated heterocycles. The van der Waals surface area contributed by atoms with Gasteiger partial charge in [-0.2, -0.15) is 0 Å². The fraction of sp³-hybridized carbons (Fsp3) is 0.143. The second-order valence-corrected chi connectivity index (χ2v) is 3.90. The summed E-state index contributed by atoms with van der Waals surface area (Å²) in [6.45, 7) is 3.96. The lowest BCUT2D eigenvalue weighted by atomic mass is 9.99. The minimum Gasteiger partial charge on any atom is -0.298 e. The summed E-state index contributed by atoms with van der Waals surface area (Å²) in [7, 11) is 0. The van der Waals surface area contributed by atoms with Crippen molar-refractivity contribution in [1.82, 2.24) is 4.98 Å². The van der Waals surface area contributed by atoms with Gasteiger partial charge in [0.05, 0.1) is 0 Å². The smallest absolute Gasteiger partial charge is 0.150 e. The maximum atomic E-state index is 11.0. The maximum Gasteiger partial charge on any atom is 0.150 e. The van der Waals surface area contributed by atoms with Crippen molar-refractivity contribution in [2.75, 3.05) is 0 Å². The standard InChI is InChI=1S/C14H13NO/c1-10-3-5-13(9-16)14(7-10)12-6-4-11(2)15-8-12/h3-9H,1-2H3. The lowest BCUT2D eigenvalue weighted by Gasteiger charge is -2.06. The van der Waals surface area contributed by atoms with Gasteiger partial charge in [-0.3, -0.25) is 9.78 Å². The van der Waals surface area contributed by atoms with Crippen LogP contribution in [0.4, 0.5) is 0 Å². The number of aromatic nitrogens is 1. The highest BCUT2D eigenvalue weighted by Crippen LogP contribution is 2.23. The zero-order valence-electron chi connectivity index (χ0n) is 9.40. The molecule has 0 unspecified atom stereocenters. The number of carbonyl (C=O) groups excluding carboxylic acids is 1. The third kappa shape index (κ3) is 2.01. The van der Waals surface area contributed by atoms with E-state index in [-0.39, 0.29) is 0 Å². The van der Waals surface area contributed by atoms with Crippen molar-refractivity contribution in [2.24, 2.45) is 0 Å². The van der Waals surface area contributed by atoms with Crippen LogP contribution in [0.15, 0.2) is 36.5 Å². The molecule has 2 aromatic rings. The number of nitrogens with zero attached hydrogens (tertiary/aromatic N) is 1. The Bertz CT molecular complexity index is 515. The molecular weight excluding hydrogens is 198 g/mol. The summed E-state index contributed by atoms with van der Waals surface area (Å²) in [6, 6.07) is 9.73. The molecule has 1 heterocycles. The molecule has 0 amide bonds. The van der Waals surface area contributed by atoms with E-state index in [9.17, 15) is 4.79 Å². The number of pyridine rings is 1. The van der Waals surface area contributed by atoms with Gasteiger partial charge in [-0.1, -0.05) is 29.8 Å². The summed E-state index contributed by atoms with van der Waals surface area (Å²) in [6.07, 6.45) is 2.69. The molecule has 1 aromatic heterocycles. The average Bonchev–Trinajstić information content (AvgIpc) is 2.30. The van der Waals surface area contributed by atoms with Gasteiger partial charge in [-0.15, -0.1) is 0 Å². The fourth-order valence-corrected chi connectivity index (χ4v) is 1.65. The van der Waals surface area contributed by atoms with Gasteiger partial charge in [-0.05, 0) is 25.5 Å². The van der Waals surface area contributed by atoms with Crippen LogP contribution < -0.4 is 0 Å². The van der Waals surface area contributed by atoms with Crippen molar-refractivity contribution in [1.29, 1.82) is 0 Å². The van der Waals surface area contributed by atoms with Crippen molar-refractivity contribution in [3.05, 3.63) is 53.3 Å². The molecule has 1 aromatic carbocycles. The first-order valence-corrected chi connectivity index (χ1v) is 5.19. The van der Waals surface area contributed by atoms with Gasteiger partial charge in [0, 0.05) is 23.0 Å². The normalized spacial score (nSPS) is 10.1. The van der Waals surface area contributed by atoms with E-state index in [1.54, 1.807) is 6.20 Å². The Kier molecular flexibility index (Phi) is 2.82. The first kappa shape index (κ1) is 10.6. The molecule has 0 atom stereocenters. The van der Waals surface area contributed by atoms with E-state index < -0.39 is 0 Å². The average molecular weight is 211 g/mol. The van der Waals surface area contributed by atoms with Gasteiger partial charge in [-0.25, -0.2) is 0 Å². The van der Waals surface area contributed by atoms with Gasteiger partial charge >= 0.3 is 0 Å². The first-order valence-electron chi connectivity index (χ1n) is 5.19. The van der Waals surface area contributed by atoms with E-state index in [1.165, 1.54) is 0 Å². The van der Waals surface area contributed by atoms with E-state index in [0.29, 0.717) is 5.56 Å². The molecule has 0 aliphatic rings. The SMILES string of the molecule is Cc1ccc(C=O)c(-c2ccc(C)nc2)c1. The molecule has 16 heavy (non-hydrogen) atoms. The lowest BCUT2D eigenvalue weighted by Crippen LogP contribution is -1.90. The Morgan fingerprint density at radius 1 is 1.12 bits per heavy atom. The Labute approximate surface area is 95.0 Å². The molecular formula is C14H13NO. The van der Waals surface area contributed by atoms with E-state index in [4.69, 9.17) is 0 Å². The summed E-state index contributed by atoms with van der Waals surface area (Å²) in [5.74, 6) is 0. The summed E-state index contributed by atoms with van der Waals surface area (Å²) < 4.78 is 0. The lowest BCUT2D eigenvalue weighted by molar-refractivity contribution is 0.112. The molecule has 0 fully saturated rings. The summed E-state index contributed by atoms with van der Waals surface area (Å²) in [5.41, 5.74) is 4.75. The Morgan fingerprint density at radius 3 is 2.56 bits per heavy atom. The van der Waals surface area contributed by atoms with E-state index in [2.05, 4.69) is 4.98 Å². The Balaban J connectivity index is 2.57. The molecule has 0 aliphatic carbocycles. The third-order valence-electron chi connectivity index (χ3n) is 2.56. The maximum absolute atomic E-state index is 11.0. The second kappa shape index (κ2) is 4.27. The molecule has 0 bridgehead atoms.